The van der Waals surface area contributed by atoms with Crippen molar-refractivity contribution in [2.45, 2.75) is 26.3 Å². The molecular formula is C23H24N4O6S. The van der Waals surface area contributed by atoms with Crippen LogP contribution in [0.2, 0.25) is 0 Å². The number of carbonyl (C=O) groups is 2. The third kappa shape index (κ3) is 6.29. The number of hydrogen-bond donors (Lipinski definition) is 2. The Kier molecular flexibility index (Phi) is 8.14. The number of benzene rings is 1. The summed E-state index contributed by atoms with van der Waals surface area (Å²) in [6, 6.07) is 10.5. The summed E-state index contributed by atoms with van der Waals surface area (Å²) in [6.07, 6.45) is 1.53. The normalized spacial score (nSPS) is 12.0. The van der Waals surface area contributed by atoms with Gasteiger partial charge in [-0.2, -0.15) is 5.10 Å². The molecule has 1 aromatic carbocycles. The van der Waals surface area contributed by atoms with E-state index in [0.29, 0.717) is 22.8 Å². The lowest BCUT2D eigenvalue weighted by molar-refractivity contribution is -0.384. The summed E-state index contributed by atoms with van der Waals surface area (Å²) >= 11 is 1.48. The molecule has 0 aliphatic rings. The number of rotatable bonds is 10. The number of thiophene rings is 1. The Morgan fingerprint density at radius 3 is 2.71 bits per heavy atom. The molecule has 3 rings (SSSR count). The maximum atomic E-state index is 12.6. The lowest BCUT2D eigenvalue weighted by atomic mass is 10.0. The van der Waals surface area contributed by atoms with Gasteiger partial charge in [0.05, 0.1) is 36.3 Å². The molecule has 0 radical (unpaired) electrons. The monoisotopic (exact) mass is 484 g/mol. The molecule has 1 unspecified atom stereocenters. The molecule has 0 saturated carbocycles. The molecule has 3 aromatic rings. The van der Waals surface area contributed by atoms with Crippen molar-refractivity contribution < 1.29 is 23.7 Å². The summed E-state index contributed by atoms with van der Waals surface area (Å²) in [5.41, 5.74) is 2.86. The molecule has 2 heterocycles. The van der Waals surface area contributed by atoms with Crippen molar-refractivity contribution in [1.82, 2.24) is 10.7 Å². The number of hydrazone groups is 1. The zero-order chi connectivity index (χ0) is 24.7. The van der Waals surface area contributed by atoms with Crippen molar-refractivity contribution in [2.24, 2.45) is 11.0 Å². The molecule has 0 saturated heterocycles. The number of furan rings is 1. The van der Waals surface area contributed by atoms with E-state index in [0.717, 1.165) is 4.88 Å². The van der Waals surface area contributed by atoms with Crippen LogP contribution in [0.5, 0.6) is 5.75 Å². The third-order valence-corrected chi connectivity index (χ3v) is 5.71. The molecule has 2 aromatic heterocycles. The lowest BCUT2D eigenvalue weighted by Crippen LogP contribution is -2.49. The summed E-state index contributed by atoms with van der Waals surface area (Å²) in [5, 5.41) is 19.5. The highest BCUT2D eigenvalue weighted by Crippen LogP contribution is 2.34. The minimum atomic E-state index is -0.749. The Morgan fingerprint density at radius 1 is 1.26 bits per heavy atom. The van der Waals surface area contributed by atoms with Crippen molar-refractivity contribution in [3.8, 4) is 17.1 Å². The van der Waals surface area contributed by atoms with E-state index in [9.17, 15) is 19.7 Å². The molecule has 11 heteroatoms. The fourth-order valence-corrected chi connectivity index (χ4v) is 3.83. The first-order chi connectivity index (χ1) is 16.3. The van der Waals surface area contributed by atoms with Gasteiger partial charge in [-0.25, -0.2) is 5.43 Å². The fourth-order valence-electron chi connectivity index (χ4n) is 3.12. The fraction of sp³-hybridized carbons (Fsp3) is 0.261. The zero-order valence-electron chi connectivity index (χ0n) is 18.8. The maximum absolute atomic E-state index is 12.6. The Bertz CT molecular complexity index is 1190. The highest BCUT2D eigenvalue weighted by molar-refractivity contribution is 7.10. The lowest BCUT2D eigenvalue weighted by Gasteiger charge is -2.20. The van der Waals surface area contributed by atoms with E-state index >= 15 is 0 Å². The van der Waals surface area contributed by atoms with E-state index in [2.05, 4.69) is 15.8 Å². The molecule has 178 valence electrons. The highest BCUT2D eigenvalue weighted by atomic mass is 32.1. The average molecular weight is 485 g/mol. The van der Waals surface area contributed by atoms with Gasteiger partial charge in [0.2, 0.25) is 5.91 Å². The van der Waals surface area contributed by atoms with E-state index in [1.807, 2.05) is 31.4 Å². The van der Waals surface area contributed by atoms with Gasteiger partial charge in [0.1, 0.15) is 23.3 Å². The first-order valence-corrected chi connectivity index (χ1v) is 11.2. The predicted octanol–water partition coefficient (Wildman–Crippen LogP) is 3.76. The number of nitro benzene ring substituents is 1. The number of non-ortho nitro benzene ring substituents is 1. The van der Waals surface area contributed by atoms with E-state index in [1.165, 1.54) is 42.9 Å². The number of carbonyl (C=O) groups excluding carboxylic acids is 2. The van der Waals surface area contributed by atoms with Crippen molar-refractivity contribution >= 4 is 35.1 Å². The number of amides is 2. The van der Waals surface area contributed by atoms with Gasteiger partial charge in [-0.05, 0) is 35.6 Å². The number of hydrogen-bond acceptors (Lipinski definition) is 8. The number of nitro groups is 1. The van der Waals surface area contributed by atoms with Crippen LogP contribution in [0.1, 0.15) is 24.5 Å². The van der Waals surface area contributed by atoms with E-state index < -0.39 is 16.9 Å². The molecule has 1 atom stereocenters. The second-order valence-corrected chi connectivity index (χ2v) is 8.66. The van der Waals surface area contributed by atoms with Gasteiger partial charge in [-0.1, -0.05) is 19.9 Å². The van der Waals surface area contributed by atoms with Crippen LogP contribution < -0.4 is 15.5 Å². The average Bonchev–Trinajstić information content (AvgIpc) is 3.49. The van der Waals surface area contributed by atoms with Gasteiger partial charge in [0.15, 0.2) is 0 Å². The summed E-state index contributed by atoms with van der Waals surface area (Å²) in [7, 11) is 1.41. The van der Waals surface area contributed by atoms with Crippen molar-refractivity contribution in [2.75, 3.05) is 7.11 Å². The molecule has 0 fully saturated rings. The minimum absolute atomic E-state index is 0.0983. The van der Waals surface area contributed by atoms with Gasteiger partial charge in [0, 0.05) is 10.9 Å². The van der Waals surface area contributed by atoms with Gasteiger partial charge in [0.25, 0.3) is 11.6 Å². The smallest absolute Gasteiger partial charge is 0.273 e. The van der Waals surface area contributed by atoms with Crippen LogP contribution in [0.25, 0.3) is 11.3 Å². The van der Waals surface area contributed by atoms with Crippen LogP contribution >= 0.6 is 11.3 Å². The molecule has 0 aliphatic carbocycles. The van der Waals surface area contributed by atoms with Crippen molar-refractivity contribution in [3.63, 3.8) is 0 Å². The van der Waals surface area contributed by atoms with Crippen LogP contribution in [-0.4, -0.2) is 36.1 Å². The molecule has 0 spiro atoms. The van der Waals surface area contributed by atoms with E-state index in [1.54, 1.807) is 12.1 Å². The summed E-state index contributed by atoms with van der Waals surface area (Å²) in [6.45, 7) is 3.66. The predicted molar refractivity (Wildman–Crippen MR) is 128 cm³/mol. The van der Waals surface area contributed by atoms with Crippen LogP contribution in [0.3, 0.4) is 0 Å². The molecule has 0 aliphatic heterocycles. The summed E-state index contributed by atoms with van der Waals surface area (Å²) in [4.78, 5) is 36.2. The number of ether oxygens (including phenoxy) is 1. The zero-order valence-corrected chi connectivity index (χ0v) is 19.6. The van der Waals surface area contributed by atoms with Crippen LogP contribution in [0, 0.1) is 16.0 Å². The molecule has 2 amide bonds. The van der Waals surface area contributed by atoms with Crippen LogP contribution in [-0.2, 0) is 16.0 Å². The second-order valence-electron chi connectivity index (χ2n) is 7.62. The summed E-state index contributed by atoms with van der Waals surface area (Å²) < 4.78 is 10.9. The number of methoxy groups -OCH3 is 1. The molecule has 2 N–H and O–H groups in total. The highest BCUT2D eigenvalue weighted by Gasteiger charge is 2.24. The Balaban J connectivity index is 1.63. The SMILES string of the molecule is COc1cc([N+](=O)[O-])ccc1-c1ccc(/C=N\NC(=O)C(NC(=O)Cc2cccs2)C(C)C)o1. The van der Waals surface area contributed by atoms with Crippen molar-refractivity contribution in [3.05, 3.63) is 68.6 Å². The standard InChI is InChI=1S/C23H24N4O6S/c1-14(2)22(25-21(28)12-17-5-4-10-34-17)23(29)26-24-13-16-7-9-19(33-16)18-8-6-15(27(30)31)11-20(18)32-3/h4-11,13-14,22H,12H2,1-3H3,(H,25,28)(H,26,29)/b24-13-. The molecule has 10 nitrogen and oxygen atoms in total. The Morgan fingerprint density at radius 2 is 2.06 bits per heavy atom. The van der Waals surface area contributed by atoms with Gasteiger partial charge in [-0.15, -0.1) is 11.3 Å². The van der Waals surface area contributed by atoms with E-state index in [-0.39, 0.29) is 23.9 Å². The van der Waals surface area contributed by atoms with Crippen LogP contribution in [0.4, 0.5) is 5.69 Å². The molecule has 34 heavy (non-hydrogen) atoms. The Hall–Kier alpha value is -3.99. The minimum Gasteiger partial charge on any atom is -0.496 e. The van der Waals surface area contributed by atoms with Gasteiger partial charge in [-0.3, -0.25) is 19.7 Å². The van der Waals surface area contributed by atoms with Gasteiger partial charge < -0.3 is 14.5 Å². The first-order valence-electron chi connectivity index (χ1n) is 10.4. The number of nitrogens with one attached hydrogen (secondary N) is 2. The maximum Gasteiger partial charge on any atom is 0.273 e. The first kappa shape index (κ1) is 24.6. The van der Waals surface area contributed by atoms with Crippen molar-refractivity contribution in [1.29, 1.82) is 0 Å². The van der Waals surface area contributed by atoms with Crippen LogP contribution in [0.15, 0.2) is 57.4 Å². The molecule has 0 bridgehead atoms. The summed E-state index contributed by atoms with van der Waals surface area (Å²) in [5.74, 6) is 0.215. The Labute approximate surface area is 199 Å². The topological polar surface area (TPSA) is 136 Å². The second kappa shape index (κ2) is 11.2. The van der Waals surface area contributed by atoms with E-state index in [4.69, 9.17) is 9.15 Å². The van der Waals surface area contributed by atoms with Gasteiger partial charge >= 0.3 is 0 Å². The molecular weight excluding hydrogens is 460 g/mol. The third-order valence-electron chi connectivity index (χ3n) is 4.84. The quantitative estimate of drug-likeness (QED) is 0.255. The number of nitrogens with zero attached hydrogens (tertiary/aromatic N) is 2. The largest absolute Gasteiger partial charge is 0.496 e.